The van der Waals surface area contributed by atoms with Crippen LogP contribution in [0.3, 0.4) is 0 Å². The number of amides is 2. The Morgan fingerprint density at radius 2 is 1.31 bits per heavy atom. The van der Waals surface area contributed by atoms with Gasteiger partial charge in [0.25, 0.3) is 11.8 Å². The van der Waals surface area contributed by atoms with Gasteiger partial charge < -0.3 is 9.13 Å². The molecule has 0 aromatic carbocycles. The number of carbonyl (C=O) groups is 2. The lowest BCUT2D eigenvalue weighted by atomic mass is 9.93. The molecule has 0 spiro atoms. The molecular weight excluding hydrogens is 362 g/mol. The van der Waals surface area contributed by atoms with Crippen LogP contribution in [0.25, 0.3) is 35.5 Å². The van der Waals surface area contributed by atoms with Crippen molar-refractivity contribution in [1.82, 2.24) is 14.5 Å². The summed E-state index contributed by atoms with van der Waals surface area (Å²) in [6, 6.07) is 0. The molecule has 5 nitrogen and oxygen atoms in total. The Morgan fingerprint density at radius 3 is 1.79 bits per heavy atom. The lowest BCUT2D eigenvalue weighted by Gasteiger charge is -2.05. The van der Waals surface area contributed by atoms with Crippen molar-refractivity contribution in [3.63, 3.8) is 0 Å². The molecule has 5 heteroatoms. The first-order valence-corrected chi connectivity index (χ1v) is 9.39. The summed E-state index contributed by atoms with van der Waals surface area (Å²) in [5, 5.41) is 2.47. The molecule has 2 aromatic rings. The fourth-order valence-electron chi connectivity index (χ4n) is 3.86. The van der Waals surface area contributed by atoms with E-state index >= 15 is 0 Å². The summed E-state index contributed by atoms with van der Waals surface area (Å²) >= 11 is 0. The SMILES string of the molecule is C=Cc1c(C2=C(c3cn(C)c(C=C)c3/C=C\C)C(=O)NC2=O)cn(C)c1/C=C\C. The second kappa shape index (κ2) is 7.80. The zero-order valence-electron chi connectivity index (χ0n) is 17.2. The highest BCUT2D eigenvalue weighted by Crippen LogP contribution is 2.38. The second-order valence-electron chi connectivity index (χ2n) is 6.85. The average Bonchev–Trinajstić information content (AvgIpc) is 3.26. The van der Waals surface area contributed by atoms with E-state index in [9.17, 15) is 9.59 Å². The van der Waals surface area contributed by atoms with Gasteiger partial charge >= 0.3 is 0 Å². The van der Waals surface area contributed by atoms with Gasteiger partial charge in [-0.25, -0.2) is 0 Å². The van der Waals surface area contributed by atoms with E-state index < -0.39 is 11.8 Å². The molecule has 1 N–H and O–H groups in total. The van der Waals surface area contributed by atoms with E-state index in [1.54, 1.807) is 12.2 Å². The summed E-state index contributed by atoms with van der Waals surface area (Å²) in [7, 11) is 3.80. The predicted octanol–water partition coefficient (Wildman–Crippen LogP) is 4.28. The Bertz CT molecular complexity index is 1130. The number of nitrogens with one attached hydrogen (secondary N) is 1. The number of carbonyl (C=O) groups excluding carboxylic acids is 2. The molecule has 0 fully saturated rings. The first-order valence-electron chi connectivity index (χ1n) is 9.39. The second-order valence-corrected chi connectivity index (χ2v) is 6.85. The molecule has 148 valence electrons. The van der Waals surface area contributed by atoms with E-state index in [-0.39, 0.29) is 0 Å². The average molecular weight is 387 g/mol. The topological polar surface area (TPSA) is 56.0 Å². The molecule has 0 saturated heterocycles. The van der Waals surface area contributed by atoms with Gasteiger partial charge in [-0.1, -0.05) is 37.5 Å². The van der Waals surface area contributed by atoms with Crippen LogP contribution in [-0.2, 0) is 23.7 Å². The number of allylic oxidation sites excluding steroid dienone is 2. The third-order valence-electron chi connectivity index (χ3n) is 5.06. The molecule has 0 saturated carbocycles. The smallest absolute Gasteiger partial charge is 0.259 e. The van der Waals surface area contributed by atoms with Gasteiger partial charge in [0.2, 0.25) is 0 Å². The highest BCUT2D eigenvalue weighted by atomic mass is 16.2. The maximum atomic E-state index is 12.9. The summed E-state index contributed by atoms with van der Waals surface area (Å²) < 4.78 is 3.84. The number of hydrogen-bond acceptors (Lipinski definition) is 2. The molecule has 2 aromatic heterocycles. The minimum atomic E-state index is -0.402. The van der Waals surface area contributed by atoms with Crippen LogP contribution in [0.2, 0.25) is 0 Å². The molecule has 0 radical (unpaired) electrons. The monoisotopic (exact) mass is 387 g/mol. The molecular formula is C24H25N3O2. The van der Waals surface area contributed by atoms with Crippen LogP contribution in [0.4, 0.5) is 0 Å². The molecule has 3 heterocycles. The third-order valence-corrected chi connectivity index (χ3v) is 5.06. The molecule has 0 atom stereocenters. The number of hydrogen-bond donors (Lipinski definition) is 1. The van der Waals surface area contributed by atoms with Crippen LogP contribution in [0.5, 0.6) is 0 Å². The van der Waals surface area contributed by atoms with Crippen LogP contribution < -0.4 is 5.32 Å². The van der Waals surface area contributed by atoms with Crippen LogP contribution in [-0.4, -0.2) is 20.9 Å². The number of rotatable bonds is 6. The summed E-state index contributed by atoms with van der Waals surface area (Å²) in [5.74, 6) is -0.801. The summed E-state index contributed by atoms with van der Waals surface area (Å²) in [5.41, 5.74) is 5.58. The maximum absolute atomic E-state index is 12.9. The molecule has 0 aliphatic carbocycles. The maximum Gasteiger partial charge on any atom is 0.259 e. The molecule has 1 aliphatic rings. The van der Waals surface area contributed by atoms with Crippen molar-refractivity contribution in [1.29, 1.82) is 0 Å². The molecule has 0 bridgehead atoms. The van der Waals surface area contributed by atoms with Crippen molar-refractivity contribution in [3.05, 3.63) is 71.3 Å². The Balaban J connectivity index is 2.41. The van der Waals surface area contributed by atoms with Gasteiger partial charge in [0.1, 0.15) is 0 Å². The van der Waals surface area contributed by atoms with Crippen LogP contribution in [0.1, 0.15) is 47.5 Å². The van der Waals surface area contributed by atoms with E-state index in [4.69, 9.17) is 0 Å². The lowest BCUT2D eigenvalue weighted by molar-refractivity contribution is -0.122. The summed E-state index contributed by atoms with van der Waals surface area (Å²) in [6.45, 7) is 11.7. The number of imide groups is 1. The minimum Gasteiger partial charge on any atom is -0.350 e. The molecule has 2 amide bonds. The van der Waals surface area contributed by atoms with Gasteiger partial charge in [-0.2, -0.15) is 0 Å². The van der Waals surface area contributed by atoms with E-state index in [1.807, 2.05) is 73.8 Å². The standard InChI is InChI=1S/C24H25N3O2/c1-7-11-16-18(14-26(5)19(16)10-4)22-21(23(28)25-24(22)29)17-13-27(6)20(12-8-2)15(17)9-3/h7-14H,3-4H2,1-2,5-6H3,(H,25,28,29)/b11-7-,12-8-. The van der Waals surface area contributed by atoms with Gasteiger partial charge in [-0.3, -0.25) is 14.9 Å². The Hall–Kier alpha value is -3.60. The molecule has 3 rings (SSSR count). The fourth-order valence-corrected chi connectivity index (χ4v) is 3.86. The molecule has 29 heavy (non-hydrogen) atoms. The van der Waals surface area contributed by atoms with Gasteiger partial charge in [0.05, 0.1) is 11.1 Å². The van der Waals surface area contributed by atoms with Gasteiger partial charge in [0.15, 0.2) is 0 Å². The normalized spacial score (nSPS) is 14.5. The van der Waals surface area contributed by atoms with Crippen molar-refractivity contribution < 1.29 is 9.59 Å². The van der Waals surface area contributed by atoms with Crippen molar-refractivity contribution in [2.24, 2.45) is 14.1 Å². The van der Waals surface area contributed by atoms with E-state index in [2.05, 4.69) is 18.5 Å². The third kappa shape index (κ3) is 3.14. The van der Waals surface area contributed by atoms with Crippen molar-refractivity contribution in [3.8, 4) is 0 Å². The van der Waals surface area contributed by atoms with E-state index in [0.717, 1.165) is 22.5 Å². The Labute approximate surface area is 171 Å². The minimum absolute atomic E-state index is 0.364. The van der Waals surface area contributed by atoms with Gasteiger partial charge in [-0.15, -0.1) is 0 Å². The quantitative estimate of drug-likeness (QED) is 0.752. The highest BCUT2D eigenvalue weighted by Gasteiger charge is 2.36. The first-order chi connectivity index (χ1) is 13.9. The highest BCUT2D eigenvalue weighted by molar-refractivity contribution is 6.49. The van der Waals surface area contributed by atoms with Crippen molar-refractivity contribution in [2.45, 2.75) is 13.8 Å². The van der Waals surface area contributed by atoms with Gasteiger partial charge in [-0.05, 0) is 26.0 Å². The fraction of sp³-hybridized carbons (Fsp3) is 0.167. The van der Waals surface area contributed by atoms with Crippen molar-refractivity contribution in [2.75, 3.05) is 0 Å². The summed E-state index contributed by atoms with van der Waals surface area (Å²) in [6.07, 6.45) is 14.9. The zero-order chi connectivity index (χ0) is 21.3. The molecule has 1 aliphatic heterocycles. The Morgan fingerprint density at radius 1 is 0.793 bits per heavy atom. The zero-order valence-corrected chi connectivity index (χ0v) is 17.2. The lowest BCUT2D eigenvalue weighted by Crippen LogP contribution is -2.22. The molecule has 0 unspecified atom stereocenters. The van der Waals surface area contributed by atoms with Crippen LogP contribution >= 0.6 is 0 Å². The number of aromatic nitrogens is 2. The number of aryl methyl sites for hydroxylation is 2. The van der Waals surface area contributed by atoms with E-state index in [0.29, 0.717) is 22.3 Å². The Kier molecular flexibility index (Phi) is 5.41. The van der Waals surface area contributed by atoms with Gasteiger partial charge in [0, 0.05) is 60.1 Å². The number of nitrogens with zero attached hydrogens (tertiary/aromatic N) is 2. The predicted molar refractivity (Wildman–Crippen MR) is 120 cm³/mol. The van der Waals surface area contributed by atoms with Crippen LogP contribution in [0, 0.1) is 0 Å². The van der Waals surface area contributed by atoms with Crippen molar-refractivity contribution >= 4 is 47.3 Å². The first kappa shape index (κ1) is 20.1. The van der Waals surface area contributed by atoms with Crippen LogP contribution in [0.15, 0.2) is 37.7 Å². The largest absolute Gasteiger partial charge is 0.350 e. The van der Waals surface area contributed by atoms with E-state index in [1.165, 1.54) is 0 Å². The summed E-state index contributed by atoms with van der Waals surface area (Å²) in [4.78, 5) is 25.7.